The number of fused-ring (bicyclic) bond motifs is 1. The van der Waals surface area contributed by atoms with E-state index in [0.717, 1.165) is 28.3 Å². The minimum Gasteiger partial charge on any atom is -0.340 e. The molecule has 1 amide bonds. The fourth-order valence-corrected chi connectivity index (χ4v) is 5.61. The van der Waals surface area contributed by atoms with Crippen LogP contribution in [0.15, 0.2) is 48.8 Å². The molecule has 0 saturated heterocycles. The fourth-order valence-electron chi connectivity index (χ4n) is 5.61. The van der Waals surface area contributed by atoms with Gasteiger partial charge in [-0.25, -0.2) is 9.97 Å². The molecule has 5 nitrogen and oxygen atoms in total. The monoisotopic (exact) mass is 452 g/mol. The van der Waals surface area contributed by atoms with Crippen molar-refractivity contribution in [1.29, 1.82) is 0 Å². The number of benzene rings is 2. The highest BCUT2D eigenvalue weighted by Gasteiger charge is 2.49. The standard InChI is InChI=1S/C29H32N4O/c1-2-8-27(34)32-24-15-16-26-25(19-24)28(31-20-30-26)33-23-13-11-22(12-14-23)29(17-18-29)21-9-6-4-3-5-7-10-21/h11-16,19-21H,3-7,9-10,17-18H2,1H3,(H,32,34)(H,30,31,33). The fraction of sp³-hybridized carbons (Fsp3) is 0.414. The first-order valence-electron chi connectivity index (χ1n) is 12.5. The van der Waals surface area contributed by atoms with Crippen LogP contribution in [0.5, 0.6) is 0 Å². The third-order valence-electron chi connectivity index (χ3n) is 7.53. The number of nitrogens with zero attached hydrogens (tertiary/aromatic N) is 2. The van der Waals surface area contributed by atoms with Gasteiger partial charge in [0.05, 0.1) is 5.52 Å². The summed E-state index contributed by atoms with van der Waals surface area (Å²) < 4.78 is 0. The Kier molecular flexibility index (Phi) is 6.49. The van der Waals surface area contributed by atoms with Gasteiger partial charge < -0.3 is 10.6 Å². The predicted octanol–water partition coefficient (Wildman–Crippen LogP) is 6.73. The molecular formula is C29H32N4O. The first-order chi connectivity index (χ1) is 16.7. The van der Waals surface area contributed by atoms with E-state index in [0.29, 0.717) is 11.1 Å². The van der Waals surface area contributed by atoms with Gasteiger partial charge in [-0.15, -0.1) is 0 Å². The van der Waals surface area contributed by atoms with E-state index in [1.807, 2.05) is 18.2 Å². The van der Waals surface area contributed by atoms with Crippen molar-refractivity contribution in [3.8, 4) is 11.8 Å². The zero-order valence-electron chi connectivity index (χ0n) is 19.9. The van der Waals surface area contributed by atoms with Crippen molar-refractivity contribution >= 4 is 34.0 Å². The molecule has 2 aliphatic rings. The SMILES string of the molecule is CC#CC(=O)Nc1ccc2ncnc(Nc3ccc(C4(C5CCCCCCC5)CC4)cc3)c2c1. The number of nitrogens with one attached hydrogen (secondary N) is 2. The Morgan fingerprint density at radius 2 is 1.65 bits per heavy atom. The van der Waals surface area contributed by atoms with E-state index in [2.05, 4.69) is 56.7 Å². The second-order valence-corrected chi connectivity index (χ2v) is 9.68. The first kappa shape index (κ1) is 22.4. The minimum atomic E-state index is -0.331. The topological polar surface area (TPSA) is 66.9 Å². The predicted molar refractivity (Wildman–Crippen MR) is 138 cm³/mol. The van der Waals surface area contributed by atoms with E-state index in [9.17, 15) is 4.79 Å². The molecule has 2 fully saturated rings. The number of amides is 1. The Hall–Kier alpha value is -3.39. The van der Waals surface area contributed by atoms with E-state index < -0.39 is 0 Å². The molecule has 3 aromatic rings. The minimum absolute atomic E-state index is 0.331. The van der Waals surface area contributed by atoms with Gasteiger partial charge in [-0.3, -0.25) is 4.79 Å². The van der Waals surface area contributed by atoms with Crippen LogP contribution >= 0.6 is 0 Å². The molecule has 2 saturated carbocycles. The smallest absolute Gasteiger partial charge is 0.300 e. The van der Waals surface area contributed by atoms with Crippen LogP contribution in [0.25, 0.3) is 10.9 Å². The average Bonchev–Trinajstić information content (AvgIpc) is 3.62. The summed E-state index contributed by atoms with van der Waals surface area (Å²) in [7, 11) is 0. The lowest BCUT2D eigenvalue weighted by Crippen LogP contribution is -2.21. The molecule has 2 aromatic carbocycles. The lowest BCUT2D eigenvalue weighted by molar-refractivity contribution is -0.111. The van der Waals surface area contributed by atoms with Crippen molar-refractivity contribution in [2.45, 2.75) is 70.1 Å². The van der Waals surface area contributed by atoms with Crippen molar-refractivity contribution in [2.75, 3.05) is 10.6 Å². The third kappa shape index (κ3) is 4.77. The molecule has 2 aliphatic carbocycles. The van der Waals surface area contributed by atoms with Crippen LogP contribution in [-0.2, 0) is 10.2 Å². The summed E-state index contributed by atoms with van der Waals surface area (Å²) in [6.07, 6.45) is 14.0. The average molecular weight is 453 g/mol. The first-order valence-corrected chi connectivity index (χ1v) is 12.5. The summed E-state index contributed by atoms with van der Waals surface area (Å²) in [5.74, 6) is 6.34. The molecule has 5 rings (SSSR count). The van der Waals surface area contributed by atoms with Crippen LogP contribution in [0, 0.1) is 17.8 Å². The second kappa shape index (κ2) is 9.85. The van der Waals surface area contributed by atoms with Crippen molar-refractivity contribution in [3.05, 3.63) is 54.4 Å². The maximum atomic E-state index is 11.9. The normalized spacial score (nSPS) is 17.7. The Bertz CT molecular complexity index is 1230. The molecule has 0 unspecified atom stereocenters. The van der Waals surface area contributed by atoms with Crippen molar-refractivity contribution < 1.29 is 4.79 Å². The van der Waals surface area contributed by atoms with E-state index in [4.69, 9.17) is 0 Å². The molecule has 0 atom stereocenters. The summed E-state index contributed by atoms with van der Waals surface area (Å²) in [5.41, 5.74) is 4.39. The van der Waals surface area contributed by atoms with Gasteiger partial charge in [0.2, 0.25) is 0 Å². The summed E-state index contributed by atoms with van der Waals surface area (Å²) in [6, 6.07) is 14.6. The zero-order valence-corrected chi connectivity index (χ0v) is 19.9. The van der Waals surface area contributed by atoms with E-state index in [1.165, 1.54) is 63.4 Å². The van der Waals surface area contributed by atoms with Crippen LogP contribution < -0.4 is 10.6 Å². The zero-order chi connectivity index (χ0) is 23.4. The molecule has 0 bridgehead atoms. The maximum Gasteiger partial charge on any atom is 0.300 e. The summed E-state index contributed by atoms with van der Waals surface area (Å²) in [5, 5.41) is 7.11. The highest BCUT2D eigenvalue weighted by atomic mass is 16.1. The van der Waals surface area contributed by atoms with Gasteiger partial charge in [0, 0.05) is 16.8 Å². The number of hydrogen-bond acceptors (Lipinski definition) is 4. The van der Waals surface area contributed by atoms with Gasteiger partial charge in [0.1, 0.15) is 12.1 Å². The van der Waals surface area contributed by atoms with Gasteiger partial charge in [0.15, 0.2) is 0 Å². The lowest BCUT2D eigenvalue weighted by Gasteiger charge is -2.29. The molecule has 0 spiro atoms. The number of aromatic nitrogens is 2. The van der Waals surface area contributed by atoms with Crippen LogP contribution in [0.3, 0.4) is 0 Å². The number of carbonyl (C=O) groups excluding carboxylic acids is 1. The van der Waals surface area contributed by atoms with E-state index in [1.54, 1.807) is 13.3 Å². The molecular weight excluding hydrogens is 420 g/mol. The van der Waals surface area contributed by atoms with Crippen LogP contribution in [0.1, 0.15) is 70.3 Å². The molecule has 1 aromatic heterocycles. The van der Waals surface area contributed by atoms with Crippen LogP contribution in [-0.4, -0.2) is 15.9 Å². The van der Waals surface area contributed by atoms with Crippen molar-refractivity contribution in [1.82, 2.24) is 9.97 Å². The van der Waals surface area contributed by atoms with Gasteiger partial charge in [0.25, 0.3) is 5.91 Å². The summed E-state index contributed by atoms with van der Waals surface area (Å²) in [4.78, 5) is 20.7. The van der Waals surface area contributed by atoms with Crippen molar-refractivity contribution in [3.63, 3.8) is 0 Å². The Balaban J connectivity index is 1.35. The number of rotatable bonds is 5. The molecule has 2 N–H and O–H groups in total. The summed E-state index contributed by atoms with van der Waals surface area (Å²) >= 11 is 0. The van der Waals surface area contributed by atoms with E-state index >= 15 is 0 Å². The van der Waals surface area contributed by atoms with Gasteiger partial charge in [-0.2, -0.15) is 0 Å². The molecule has 1 heterocycles. The number of carbonyl (C=O) groups is 1. The molecule has 34 heavy (non-hydrogen) atoms. The third-order valence-corrected chi connectivity index (χ3v) is 7.53. The molecule has 0 aliphatic heterocycles. The lowest BCUT2D eigenvalue weighted by atomic mass is 9.75. The molecule has 0 radical (unpaired) electrons. The van der Waals surface area contributed by atoms with Gasteiger partial charge >= 0.3 is 0 Å². The highest BCUT2D eigenvalue weighted by Crippen LogP contribution is 2.57. The summed E-state index contributed by atoms with van der Waals surface area (Å²) in [6.45, 7) is 1.64. The highest BCUT2D eigenvalue weighted by molar-refractivity contribution is 6.05. The van der Waals surface area contributed by atoms with Gasteiger partial charge in [-0.05, 0) is 85.8 Å². The Labute approximate surface area is 201 Å². The Morgan fingerprint density at radius 3 is 2.35 bits per heavy atom. The van der Waals surface area contributed by atoms with Crippen LogP contribution in [0.2, 0.25) is 0 Å². The quantitative estimate of drug-likeness (QED) is 0.421. The van der Waals surface area contributed by atoms with Crippen LogP contribution in [0.4, 0.5) is 17.2 Å². The maximum absolute atomic E-state index is 11.9. The van der Waals surface area contributed by atoms with E-state index in [-0.39, 0.29) is 5.91 Å². The van der Waals surface area contributed by atoms with Crippen molar-refractivity contribution in [2.24, 2.45) is 5.92 Å². The van der Waals surface area contributed by atoms with Gasteiger partial charge in [-0.1, -0.05) is 50.2 Å². The second-order valence-electron chi connectivity index (χ2n) is 9.68. The number of anilines is 3. The molecule has 5 heteroatoms. The molecule has 174 valence electrons. The largest absolute Gasteiger partial charge is 0.340 e. The Morgan fingerprint density at radius 1 is 0.941 bits per heavy atom. The number of hydrogen-bond donors (Lipinski definition) is 2.